The van der Waals surface area contributed by atoms with Crippen LogP contribution >= 0.6 is 23.4 Å². The molecule has 1 aliphatic heterocycles. The zero-order valence-electron chi connectivity index (χ0n) is 13.6. The van der Waals surface area contributed by atoms with Gasteiger partial charge in [-0.25, -0.2) is 0 Å². The Balaban J connectivity index is 1.93. The zero-order valence-corrected chi connectivity index (χ0v) is 15.1. The summed E-state index contributed by atoms with van der Waals surface area (Å²) in [6, 6.07) is 12.9. The lowest BCUT2D eigenvalue weighted by atomic mass is 10.1. The number of amides is 1. The molecule has 1 saturated heterocycles. The second-order valence-electron chi connectivity index (χ2n) is 5.31. The predicted molar refractivity (Wildman–Crippen MR) is 101 cm³/mol. The zero-order chi connectivity index (χ0) is 17.8. The molecule has 0 N–H and O–H groups in total. The van der Waals surface area contributed by atoms with Crippen LogP contribution in [0.1, 0.15) is 10.9 Å². The maximum absolute atomic E-state index is 12.4. The highest BCUT2D eigenvalue weighted by molar-refractivity contribution is 8.00. The van der Waals surface area contributed by atoms with Crippen molar-refractivity contribution in [2.45, 2.75) is 5.37 Å². The number of terminal acetylenes is 1. The fraction of sp³-hybridized carbons (Fsp3) is 0.211. The molecule has 1 fully saturated rings. The van der Waals surface area contributed by atoms with Crippen LogP contribution in [0.5, 0.6) is 11.5 Å². The summed E-state index contributed by atoms with van der Waals surface area (Å²) in [6.07, 6.45) is 5.23. The molecule has 25 heavy (non-hydrogen) atoms. The van der Waals surface area contributed by atoms with Gasteiger partial charge in [-0.15, -0.1) is 18.2 Å². The van der Waals surface area contributed by atoms with Crippen molar-refractivity contribution < 1.29 is 14.3 Å². The largest absolute Gasteiger partial charge is 0.493 e. The first-order chi connectivity index (χ1) is 12.1. The summed E-state index contributed by atoms with van der Waals surface area (Å²) in [5.41, 5.74) is 1.77. The monoisotopic (exact) mass is 373 g/mol. The average Bonchev–Trinajstić information content (AvgIpc) is 3.02. The highest BCUT2D eigenvalue weighted by Crippen LogP contribution is 2.44. The molecule has 2 aromatic rings. The number of benzene rings is 2. The van der Waals surface area contributed by atoms with E-state index in [9.17, 15) is 4.79 Å². The van der Waals surface area contributed by atoms with Gasteiger partial charge in [0.05, 0.1) is 12.9 Å². The number of carbonyl (C=O) groups excluding carboxylic acids is 1. The van der Waals surface area contributed by atoms with Crippen molar-refractivity contribution in [3.63, 3.8) is 0 Å². The molecule has 4 nitrogen and oxygen atoms in total. The Kier molecular flexibility index (Phi) is 5.42. The second-order valence-corrected chi connectivity index (χ2v) is 6.81. The summed E-state index contributed by atoms with van der Waals surface area (Å²) in [6.45, 7) is 0.170. The van der Waals surface area contributed by atoms with E-state index in [0.717, 1.165) is 11.3 Å². The normalized spacial score (nSPS) is 16.6. The van der Waals surface area contributed by atoms with Gasteiger partial charge in [-0.05, 0) is 42.0 Å². The Hall–Kier alpha value is -2.29. The van der Waals surface area contributed by atoms with Crippen LogP contribution in [0.4, 0.5) is 5.69 Å². The number of rotatable bonds is 5. The Morgan fingerprint density at radius 1 is 1.28 bits per heavy atom. The van der Waals surface area contributed by atoms with E-state index in [0.29, 0.717) is 22.3 Å². The van der Waals surface area contributed by atoms with Gasteiger partial charge in [-0.3, -0.25) is 9.69 Å². The molecule has 2 aromatic carbocycles. The van der Waals surface area contributed by atoms with Crippen molar-refractivity contribution in [1.82, 2.24) is 0 Å². The third-order valence-corrected chi connectivity index (χ3v) is 5.22. The van der Waals surface area contributed by atoms with Crippen LogP contribution in [-0.4, -0.2) is 25.4 Å². The van der Waals surface area contributed by atoms with E-state index in [4.69, 9.17) is 27.5 Å². The van der Waals surface area contributed by atoms with Gasteiger partial charge in [0.15, 0.2) is 11.5 Å². The molecule has 0 radical (unpaired) electrons. The molecule has 0 spiro atoms. The molecule has 0 saturated carbocycles. The number of methoxy groups -OCH3 is 1. The van der Waals surface area contributed by atoms with Crippen molar-refractivity contribution in [2.24, 2.45) is 0 Å². The number of carbonyl (C=O) groups is 1. The molecule has 3 rings (SSSR count). The van der Waals surface area contributed by atoms with Crippen LogP contribution in [0, 0.1) is 12.3 Å². The van der Waals surface area contributed by atoms with Crippen molar-refractivity contribution in [3.05, 3.63) is 53.1 Å². The van der Waals surface area contributed by atoms with Gasteiger partial charge < -0.3 is 9.47 Å². The van der Waals surface area contributed by atoms with Gasteiger partial charge in [0.2, 0.25) is 5.91 Å². The number of hydrogen-bond acceptors (Lipinski definition) is 4. The van der Waals surface area contributed by atoms with Gasteiger partial charge >= 0.3 is 0 Å². The summed E-state index contributed by atoms with van der Waals surface area (Å²) in [5, 5.41) is 0.501. The number of thioether (sulfide) groups is 1. The topological polar surface area (TPSA) is 38.8 Å². The van der Waals surface area contributed by atoms with Crippen molar-refractivity contribution in [3.8, 4) is 23.8 Å². The van der Waals surface area contributed by atoms with Gasteiger partial charge in [0.1, 0.15) is 12.0 Å². The van der Waals surface area contributed by atoms with E-state index in [1.165, 1.54) is 0 Å². The smallest absolute Gasteiger partial charge is 0.238 e. The maximum Gasteiger partial charge on any atom is 0.238 e. The van der Waals surface area contributed by atoms with Crippen LogP contribution in [0.3, 0.4) is 0 Å². The summed E-state index contributed by atoms with van der Waals surface area (Å²) in [5.74, 6) is 4.08. The lowest BCUT2D eigenvalue weighted by molar-refractivity contribution is -0.115. The lowest BCUT2D eigenvalue weighted by Gasteiger charge is -2.25. The first-order valence-electron chi connectivity index (χ1n) is 7.57. The SMILES string of the molecule is C#CCOc1ccc([C@H]2SCC(=O)N2c2ccc(Cl)cc2)cc1OC. The molecule has 0 aliphatic carbocycles. The first kappa shape index (κ1) is 17.5. The molecular weight excluding hydrogens is 358 g/mol. The second kappa shape index (κ2) is 7.73. The minimum Gasteiger partial charge on any atom is -0.493 e. The number of halogens is 1. The Bertz CT molecular complexity index is 816. The molecule has 1 heterocycles. The minimum absolute atomic E-state index is 0.0592. The van der Waals surface area contributed by atoms with Crippen LogP contribution in [0.25, 0.3) is 0 Å². The van der Waals surface area contributed by atoms with Crippen LogP contribution in [0.2, 0.25) is 5.02 Å². The average molecular weight is 374 g/mol. The van der Waals surface area contributed by atoms with E-state index in [2.05, 4.69) is 5.92 Å². The highest BCUT2D eigenvalue weighted by atomic mass is 35.5. The Morgan fingerprint density at radius 3 is 2.72 bits per heavy atom. The number of anilines is 1. The van der Waals surface area contributed by atoms with E-state index in [-0.39, 0.29) is 17.9 Å². The molecule has 1 aliphatic rings. The van der Waals surface area contributed by atoms with Gasteiger partial charge in [-0.2, -0.15) is 0 Å². The van der Waals surface area contributed by atoms with Crippen LogP contribution in [-0.2, 0) is 4.79 Å². The molecule has 6 heteroatoms. The van der Waals surface area contributed by atoms with Crippen LogP contribution in [0.15, 0.2) is 42.5 Å². The van der Waals surface area contributed by atoms with E-state index in [1.54, 1.807) is 35.9 Å². The summed E-state index contributed by atoms with van der Waals surface area (Å²) >= 11 is 7.52. The summed E-state index contributed by atoms with van der Waals surface area (Å²) in [7, 11) is 1.58. The molecule has 1 amide bonds. The fourth-order valence-electron chi connectivity index (χ4n) is 2.63. The van der Waals surface area contributed by atoms with Crippen molar-refractivity contribution in [1.29, 1.82) is 0 Å². The molecule has 1 atom stereocenters. The third kappa shape index (κ3) is 3.71. The fourth-order valence-corrected chi connectivity index (χ4v) is 3.92. The lowest BCUT2D eigenvalue weighted by Crippen LogP contribution is -2.27. The van der Waals surface area contributed by atoms with Gasteiger partial charge in [0.25, 0.3) is 0 Å². The van der Waals surface area contributed by atoms with E-state index in [1.807, 2.05) is 30.3 Å². The molecule has 0 bridgehead atoms. The molecule has 0 aromatic heterocycles. The van der Waals surface area contributed by atoms with Crippen molar-refractivity contribution in [2.75, 3.05) is 24.4 Å². The number of hydrogen-bond donors (Lipinski definition) is 0. The van der Waals surface area contributed by atoms with E-state index < -0.39 is 0 Å². The molecule has 128 valence electrons. The Labute approximate surface area is 156 Å². The third-order valence-electron chi connectivity index (χ3n) is 3.76. The standard InChI is InChI=1S/C19H16ClNO3S/c1-3-10-24-16-9-4-13(11-17(16)23-2)19-21(18(22)12-25-19)15-7-5-14(20)6-8-15/h1,4-9,11,19H,10,12H2,2H3/t19-/m1/s1. The van der Waals surface area contributed by atoms with E-state index >= 15 is 0 Å². The van der Waals surface area contributed by atoms with Crippen LogP contribution < -0.4 is 14.4 Å². The summed E-state index contributed by atoms with van der Waals surface area (Å²) in [4.78, 5) is 14.2. The van der Waals surface area contributed by atoms with Gasteiger partial charge in [-0.1, -0.05) is 23.6 Å². The highest BCUT2D eigenvalue weighted by Gasteiger charge is 2.34. The van der Waals surface area contributed by atoms with Crippen molar-refractivity contribution >= 4 is 35.0 Å². The number of ether oxygens (including phenoxy) is 2. The Morgan fingerprint density at radius 2 is 2.04 bits per heavy atom. The number of nitrogens with zero attached hydrogens (tertiary/aromatic N) is 1. The first-order valence-corrected chi connectivity index (χ1v) is 9.00. The maximum atomic E-state index is 12.4. The minimum atomic E-state index is -0.135. The van der Waals surface area contributed by atoms with Gasteiger partial charge in [0, 0.05) is 10.7 Å². The molecule has 0 unspecified atom stereocenters. The quantitative estimate of drug-likeness (QED) is 0.738. The molecular formula is C19H16ClNO3S. The summed E-state index contributed by atoms with van der Waals surface area (Å²) < 4.78 is 10.9. The predicted octanol–water partition coefficient (Wildman–Crippen LogP) is 4.14.